The summed E-state index contributed by atoms with van der Waals surface area (Å²) in [5.74, 6) is 0. The Morgan fingerprint density at radius 3 is 2.07 bits per heavy atom. The van der Waals surface area contributed by atoms with Crippen LogP contribution < -0.4 is 0 Å². The summed E-state index contributed by atoms with van der Waals surface area (Å²) in [6.07, 6.45) is 10.4. The van der Waals surface area contributed by atoms with Gasteiger partial charge in [0.05, 0.1) is 6.61 Å². The highest BCUT2D eigenvalue weighted by atomic mass is 16.5. The van der Waals surface area contributed by atoms with E-state index in [1.807, 2.05) is 6.08 Å². The van der Waals surface area contributed by atoms with Crippen LogP contribution in [0.1, 0.15) is 58.8 Å². The third-order valence-corrected chi connectivity index (χ3v) is 1.97. The third-order valence-electron chi connectivity index (χ3n) is 1.97. The molecule has 0 bridgehead atoms. The van der Waals surface area contributed by atoms with Crippen molar-refractivity contribution in [2.75, 3.05) is 6.61 Å². The lowest BCUT2D eigenvalue weighted by atomic mass is 10.1. The third kappa shape index (κ3) is 24.6. The normalized spacial score (nSPS) is 8.67. The summed E-state index contributed by atoms with van der Waals surface area (Å²) in [5, 5.41) is 0. The molecule has 0 N–H and O–H groups in total. The van der Waals surface area contributed by atoms with Crippen molar-refractivity contribution < 1.29 is 9.53 Å². The highest BCUT2D eigenvalue weighted by molar-refractivity contribution is 5.36. The number of unbranched alkanes of at least 4 members (excludes halogenated alkanes) is 5. The molecule has 0 aromatic carbocycles. The molecule has 0 aromatic heterocycles. The second kappa shape index (κ2) is 18.9. The van der Waals surface area contributed by atoms with Crippen molar-refractivity contribution in [1.82, 2.24) is 0 Å². The topological polar surface area (TPSA) is 26.3 Å². The standard InChI is InChI=1S/C9H18O2.C4H8/c1-2-3-4-5-6-7-8-11-9-10;1-3-4-2/h9H,2-8H2,1H3;3H,1,4H2,2H3. The molecule has 0 saturated carbocycles. The molecule has 15 heavy (non-hydrogen) atoms. The maximum absolute atomic E-state index is 9.72. The van der Waals surface area contributed by atoms with Crippen molar-refractivity contribution >= 4 is 6.47 Å². The minimum Gasteiger partial charge on any atom is -0.468 e. The molecule has 0 rings (SSSR count). The van der Waals surface area contributed by atoms with Gasteiger partial charge in [-0.05, 0) is 12.8 Å². The first kappa shape index (κ1) is 16.6. The van der Waals surface area contributed by atoms with Crippen molar-refractivity contribution in [3.05, 3.63) is 12.7 Å². The molecule has 0 aliphatic rings. The smallest absolute Gasteiger partial charge is 0.293 e. The molecule has 2 heteroatoms. The fourth-order valence-electron chi connectivity index (χ4n) is 1.01. The van der Waals surface area contributed by atoms with Crippen molar-refractivity contribution in [2.45, 2.75) is 58.8 Å². The molecule has 0 aliphatic carbocycles. The molecule has 0 radical (unpaired) electrons. The molecule has 0 spiro atoms. The molecule has 2 nitrogen and oxygen atoms in total. The Labute approximate surface area is 94.7 Å². The second-order valence-corrected chi connectivity index (χ2v) is 3.43. The fraction of sp³-hybridized carbons (Fsp3) is 0.769. The highest BCUT2D eigenvalue weighted by Crippen LogP contribution is 2.04. The summed E-state index contributed by atoms with van der Waals surface area (Å²) in [4.78, 5) is 9.72. The van der Waals surface area contributed by atoms with Crippen molar-refractivity contribution in [3.63, 3.8) is 0 Å². The molecule has 0 atom stereocenters. The van der Waals surface area contributed by atoms with Gasteiger partial charge >= 0.3 is 0 Å². The number of allylic oxidation sites excluding steroid dienone is 1. The van der Waals surface area contributed by atoms with Gasteiger partial charge in [0.25, 0.3) is 6.47 Å². The Kier molecular flexibility index (Phi) is 20.9. The number of ether oxygens (including phenoxy) is 1. The lowest BCUT2D eigenvalue weighted by Crippen LogP contribution is -1.90. The van der Waals surface area contributed by atoms with E-state index in [2.05, 4.69) is 25.2 Å². The fourth-order valence-corrected chi connectivity index (χ4v) is 1.01. The van der Waals surface area contributed by atoms with Gasteiger partial charge in [-0.1, -0.05) is 52.0 Å². The van der Waals surface area contributed by atoms with Gasteiger partial charge in [-0.2, -0.15) is 0 Å². The number of hydrogen-bond donors (Lipinski definition) is 0. The first-order valence-electron chi connectivity index (χ1n) is 5.99. The molecule has 0 aliphatic heterocycles. The molecule has 0 saturated heterocycles. The van der Waals surface area contributed by atoms with Crippen LogP contribution in [0.2, 0.25) is 0 Å². The van der Waals surface area contributed by atoms with Gasteiger partial charge in [0, 0.05) is 0 Å². The zero-order chi connectivity index (χ0) is 11.8. The predicted molar refractivity (Wildman–Crippen MR) is 65.9 cm³/mol. The van der Waals surface area contributed by atoms with Gasteiger partial charge in [0.1, 0.15) is 0 Å². The highest BCUT2D eigenvalue weighted by Gasteiger charge is 1.88. The van der Waals surface area contributed by atoms with Crippen LogP contribution in [0, 0.1) is 0 Å². The van der Waals surface area contributed by atoms with Crippen LogP contribution in [-0.4, -0.2) is 13.1 Å². The van der Waals surface area contributed by atoms with E-state index in [1.54, 1.807) is 0 Å². The van der Waals surface area contributed by atoms with E-state index in [0.717, 1.165) is 12.8 Å². The maximum atomic E-state index is 9.72. The minimum atomic E-state index is 0.520. The number of hydrogen-bond acceptors (Lipinski definition) is 2. The van der Waals surface area contributed by atoms with Crippen molar-refractivity contribution in [2.24, 2.45) is 0 Å². The lowest BCUT2D eigenvalue weighted by molar-refractivity contribution is -0.128. The summed E-state index contributed by atoms with van der Waals surface area (Å²) in [5.41, 5.74) is 0. The summed E-state index contributed by atoms with van der Waals surface area (Å²) in [6, 6.07) is 0. The summed E-state index contributed by atoms with van der Waals surface area (Å²) >= 11 is 0. The van der Waals surface area contributed by atoms with Gasteiger partial charge in [-0.3, -0.25) is 4.79 Å². The quantitative estimate of drug-likeness (QED) is 0.328. The average Bonchev–Trinajstić information content (AvgIpc) is 2.28. The first-order chi connectivity index (χ1) is 7.33. The van der Waals surface area contributed by atoms with Gasteiger partial charge in [0.2, 0.25) is 0 Å². The monoisotopic (exact) mass is 214 g/mol. The van der Waals surface area contributed by atoms with E-state index in [0.29, 0.717) is 13.1 Å². The summed E-state index contributed by atoms with van der Waals surface area (Å²) < 4.78 is 4.56. The molecular formula is C13H26O2. The lowest BCUT2D eigenvalue weighted by Gasteiger charge is -1.98. The second-order valence-electron chi connectivity index (χ2n) is 3.43. The van der Waals surface area contributed by atoms with E-state index in [4.69, 9.17) is 0 Å². The van der Waals surface area contributed by atoms with Crippen LogP contribution >= 0.6 is 0 Å². The Morgan fingerprint density at radius 2 is 1.60 bits per heavy atom. The van der Waals surface area contributed by atoms with E-state index in [9.17, 15) is 4.79 Å². The van der Waals surface area contributed by atoms with Crippen LogP contribution in [0.25, 0.3) is 0 Å². The van der Waals surface area contributed by atoms with E-state index in [-0.39, 0.29) is 0 Å². The predicted octanol–water partition coefficient (Wildman–Crippen LogP) is 4.10. The van der Waals surface area contributed by atoms with Gasteiger partial charge in [0.15, 0.2) is 0 Å². The molecule has 90 valence electrons. The van der Waals surface area contributed by atoms with Gasteiger partial charge < -0.3 is 4.74 Å². The van der Waals surface area contributed by atoms with Crippen LogP contribution in [0.4, 0.5) is 0 Å². The van der Waals surface area contributed by atoms with E-state index >= 15 is 0 Å². The van der Waals surface area contributed by atoms with Crippen molar-refractivity contribution in [3.8, 4) is 0 Å². The zero-order valence-corrected chi connectivity index (χ0v) is 10.3. The molecule has 0 amide bonds. The molecule has 0 unspecified atom stereocenters. The maximum Gasteiger partial charge on any atom is 0.293 e. The Hall–Kier alpha value is -0.790. The van der Waals surface area contributed by atoms with Crippen LogP contribution in [0.15, 0.2) is 12.7 Å². The molecule has 0 aromatic rings. The number of rotatable bonds is 9. The van der Waals surface area contributed by atoms with Crippen LogP contribution in [-0.2, 0) is 9.53 Å². The van der Waals surface area contributed by atoms with Crippen LogP contribution in [0.5, 0.6) is 0 Å². The summed E-state index contributed by atoms with van der Waals surface area (Å²) in [7, 11) is 0. The molecular weight excluding hydrogens is 188 g/mol. The van der Waals surface area contributed by atoms with Crippen LogP contribution in [0.3, 0.4) is 0 Å². The average molecular weight is 214 g/mol. The molecule has 0 fully saturated rings. The first-order valence-corrected chi connectivity index (χ1v) is 5.99. The van der Waals surface area contributed by atoms with E-state index in [1.165, 1.54) is 32.1 Å². The zero-order valence-electron chi connectivity index (χ0n) is 10.3. The van der Waals surface area contributed by atoms with Crippen molar-refractivity contribution in [1.29, 1.82) is 0 Å². The van der Waals surface area contributed by atoms with Gasteiger partial charge in [-0.15, -0.1) is 6.58 Å². The summed E-state index contributed by atoms with van der Waals surface area (Å²) in [6.45, 7) is 8.86. The Morgan fingerprint density at radius 1 is 1.07 bits per heavy atom. The minimum absolute atomic E-state index is 0.520. The van der Waals surface area contributed by atoms with Gasteiger partial charge in [-0.25, -0.2) is 0 Å². The Bertz CT molecular complexity index is 122. The SMILES string of the molecule is C=CCC.CCCCCCCCOC=O. The number of carbonyl (C=O) groups excluding carboxylic acids is 1. The van der Waals surface area contributed by atoms with E-state index < -0.39 is 0 Å². The Balaban J connectivity index is 0. The molecule has 0 heterocycles. The largest absolute Gasteiger partial charge is 0.468 e. The number of carbonyl (C=O) groups is 1.